The molecule has 12 heteroatoms. The molecule has 8 nitrogen and oxygen atoms in total. The fourth-order valence-corrected chi connectivity index (χ4v) is 18.8. The van der Waals surface area contributed by atoms with Crippen molar-refractivity contribution in [3.05, 3.63) is 29.1 Å². The van der Waals surface area contributed by atoms with Crippen molar-refractivity contribution >= 4 is 35.7 Å². The highest BCUT2D eigenvalue weighted by molar-refractivity contribution is 6.90. The molecule has 4 aliphatic rings. The Bertz CT molecular complexity index is 1310. The van der Waals surface area contributed by atoms with Crippen LogP contribution in [-0.2, 0) is 25.2 Å². The Kier molecular flexibility index (Phi) is 10.2. The molecule has 1 unspecified atom stereocenters. The summed E-state index contributed by atoms with van der Waals surface area (Å²) < 4.78 is 48.9. The molecule has 4 fully saturated rings. The molecule has 1 aromatic carbocycles. The second-order valence-electron chi connectivity index (χ2n) is 17.8. The van der Waals surface area contributed by atoms with E-state index in [-0.39, 0.29) is 35.7 Å². The zero-order valence-electron chi connectivity index (χ0n) is 30.6. The van der Waals surface area contributed by atoms with Gasteiger partial charge in [-0.25, -0.2) is 14.0 Å². The van der Waals surface area contributed by atoms with Crippen LogP contribution in [0.1, 0.15) is 84.2 Å². The van der Waals surface area contributed by atoms with Crippen LogP contribution in [0.5, 0.6) is 5.75 Å². The maximum absolute atomic E-state index is 15.6. The number of hydrogen-bond acceptors (Lipinski definition) is 8. The van der Waals surface area contributed by atoms with Crippen molar-refractivity contribution in [2.24, 2.45) is 23.2 Å². The van der Waals surface area contributed by atoms with E-state index in [0.717, 1.165) is 12.8 Å². The first-order chi connectivity index (χ1) is 20.9. The topological polar surface area (TPSA) is 83.5 Å². The van der Waals surface area contributed by atoms with Gasteiger partial charge in [-0.05, 0) is 81.8 Å². The van der Waals surface area contributed by atoms with Crippen LogP contribution in [0.25, 0.3) is 0 Å². The lowest BCUT2D eigenvalue weighted by Gasteiger charge is -2.64. The number of hydrogen-bond donors (Lipinski definition) is 0. The number of halogens is 1. The first-order valence-corrected chi connectivity index (χ1v) is 23.8. The van der Waals surface area contributed by atoms with E-state index in [1.165, 1.54) is 6.07 Å². The standard InChI is InChI=1S/C34H57BFNO7Si2/c1-21(2)20-40-30(38)28-24(36)16-15-22(29(28)41-31(39)42-32(3,4)5)17-27(37(45(9,10)11)46(12,13)14)35-43-26-19-23-18-25(33(23,6)7)34(26,8)44-35/h15-16,21,23,25-27H,17-20H2,1-14H3/t23-,25-,26?,27-,34-/m0/s1. The molecule has 0 N–H and O–H groups in total. The molecule has 258 valence electrons. The number of carbonyl (C=O) groups is 2. The molecule has 2 bridgehead atoms. The van der Waals surface area contributed by atoms with Crippen LogP contribution in [0.2, 0.25) is 39.3 Å². The van der Waals surface area contributed by atoms with Gasteiger partial charge >= 0.3 is 19.2 Å². The summed E-state index contributed by atoms with van der Waals surface area (Å²) >= 11 is 0. The van der Waals surface area contributed by atoms with Gasteiger partial charge in [0.2, 0.25) is 0 Å². The summed E-state index contributed by atoms with van der Waals surface area (Å²) in [7, 11) is -4.62. The summed E-state index contributed by atoms with van der Waals surface area (Å²) in [5.41, 5.74) is -1.01. The lowest BCUT2D eigenvalue weighted by molar-refractivity contribution is -0.199. The molecular weight excluding hydrogens is 620 g/mol. The number of ether oxygens (including phenoxy) is 3. The Labute approximate surface area is 278 Å². The van der Waals surface area contributed by atoms with E-state index in [0.29, 0.717) is 23.8 Å². The molecular formula is C34H57BFNO7Si2. The predicted octanol–water partition coefficient (Wildman–Crippen LogP) is 8.10. The summed E-state index contributed by atoms with van der Waals surface area (Å²) in [5.74, 6) is -1.13. The Morgan fingerprint density at radius 2 is 1.67 bits per heavy atom. The number of rotatable bonds is 10. The summed E-state index contributed by atoms with van der Waals surface area (Å²) in [4.78, 5) is 26.5. The molecule has 1 aliphatic heterocycles. The first kappa shape index (κ1) is 37.1. The predicted molar refractivity (Wildman–Crippen MR) is 185 cm³/mol. The van der Waals surface area contributed by atoms with Crippen LogP contribution < -0.4 is 4.74 Å². The molecule has 1 saturated heterocycles. The zero-order valence-corrected chi connectivity index (χ0v) is 32.6. The van der Waals surface area contributed by atoms with Gasteiger partial charge in [-0.2, -0.15) is 0 Å². The fraction of sp³-hybridized carbons (Fsp3) is 0.765. The van der Waals surface area contributed by atoms with E-state index >= 15 is 4.39 Å². The number of nitrogens with zero attached hydrogens (tertiary/aromatic N) is 1. The second-order valence-corrected chi connectivity index (χ2v) is 27.9. The van der Waals surface area contributed by atoms with Crippen molar-refractivity contribution in [2.45, 2.75) is 137 Å². The van der Waals surface area contributed by atoms with Crippen molar-refractivity contribution in [3.8, 4) is 5.75 Å². The third kappa shape index (κ3) is 7.45. The highest BCUT2D eigenvalue weighted by atomic mass is 28.4. The highest BCUT2D eigenvalue weighted by Gasteiger charge is 2.69. The normalized spacial score (nSPS) is 26.5. The maximum atomic E-state index is 15.6. The van der Waals surface area contributed by atoms with E-state index in [1.807, 2.05) is 13.8 Å². The van der Waals surface area contributed by atoms with E-state index in [1.54, 1.807) is 26.8 Å². The van der Waals surface area contributed by atoms with Crippen molar-refractivity contribution in [3.63, 3.8) is 0 Å². The lowest BCUT2D eigenvalue weighted by Crippen LogP contribution is -2.68. The average Bonchev–Trinajstić information content (AvgIpc) is 3.22. The Morgan fingerprint density at radius 1 is 1.07 bits per heavy atom. The Morgan fingerprint density at radius 3 is 2.20 bits per heavy atom. The Hall–Kier alpha value is -1.73. The summed E-state index contributed by atoms with van der Waals surface area (Å²) in [6.07, 6.45) is 1.37. The molecule has 46 heavy (non-hydrogen) atoms. The van der Waals surface area contributed by atoms with Gasteiger partial charge in [0, 0.05) is 5.94 Å². The SMILES string of the molecule is CC(C)COC(=O)c1c(F)ccc(C[C@@H](B2OC3C[C@@H]4C[C@@H](C4(C)C)[C@]3(C)O2)N([Si](C)(C)C)[Si](C)(C)C)c1OC(=O)OC(C)(C)C. The van der Waals surface area contributed by atoms with Crippen LogP contribution in [-0.4, -0.2) is 69.8 Å². The molecule has 1 heterocycles. The maximum Gasteiger partial charge on any atom is 0.514 e. The van der Waals surface area contributed by atoms with Gasteiger partial charge in [0.25, 0.3) is 0 Å². The molecule has 5 rings (SSSR count). The lowest BCUT2D eigenvalue weighted by atomic mass is 9.43. The average molecular weight is 678 g/mol. The van der Waals surface area contributed by atoms with Crippen LogP contribution >= 0.6 is 0 Å². The van der Waals surface area contributed by atoms with Gasteiger partial charge in [0.05, 0.1) is 18.3 Å². The van der Waals surface area contributed by atoms with E-state index in [2.05, 4.69) is 64.3 Å². The molecule has 3 saturated carbocycles. The van der Waals surface area contributed by atoms with Crippen molar-refractivity contribution in [1.29, 1.82) is 0 Å². The first-order valence-electron chi connectivity index (χ1n) is 16.9. The van der Waals surface area contributed by atoms with Gasteiger partial charge in [0.1, 0.15) is 33.5 Å². The van der Waals surface area contributed by atoms with Crippen LogP contribution in [0.4, 0.5) is 9.18 Å². The minimum Gasteiger partial charge on any atom is -0.462 e. The van der Waals surface area contributed by atoms with E-state index < -0.39 is 58.3 Å². The van der Waals surface area contributed by atoms with Crippen molar-refractivity contribution < 1.29 is 37.5 Å². The summed E-state index contributed by atoms with van der Waals surface area (Å²) in [5, 5.41) is 0. The third-order valence-corrected chi connectivity index (χ3v) is 17.6. The van der Waals surface area contributed by atoms with Crippen molar-refractivity contribution in [2.75, 3.05) is 6.61 Å². The summed E-state index contributed by atoms with van der Waals surface area (Å²) in [6.45, 7) is 29.9. The number of esters is 1. The van der Waals surface area contributed by atoms with E-state index in [4.69, 9.17) is 23.5 Å². The second kappa shape index (κ2) is 12.6. The molecule has 5 atom stereocenters. The smallest absolute Gasteiger partial charge is 0.462 e. The quantitative estimate of drug-likeness (QED) is 0.140. The molecule has 0 radical (unpaired) electrons. The number of carbonyl (C=O) groups excluding carboxylic acids is 2. The van der Waals surface area contributed by atoms with Gasteiger partial charge in [-0.15, -0.1) is 0 Å². The molecule has 0 amide bonds. The molecule has 3 aliphatic carbocycles. The van der Waals surface area contributed by atoms with Crippen LogP contribution in [0, 0.1) is 29.0 Å². The van der Waals surface area contributed by atoms with Gasteiger partial charge < -0.3 is 27.8 Å². The molecule has 0 spiro atoms. The number of benzene rings is 1. The minimum atomic E-state index is -2.03. The van der Waals surface area contributed by atoms with Gasteiger partial charge in [-0.1, -0.05) is 73.0 Å². The van der Waals surface area contributed by atoms with Gasteiger partial charge in [0.15, 0.2) is 5.75 Å². The van der Waals surface area contributed by atoms with Crippen LogP contribution in [0.15, 0.2) is 12.1 Å². The van der Waals surface area contributed by atoms with Crippen LogP contribution in [0.3, 0.4) is 0 Å². The minimum absolute atomic E-state index is 0.0193. The largest absolute Gasteiger partial charge is 0.514 e. The zero-order chi connectivity index (χ0) is 34.8. The summed E-state index contributed by atoms with van der Waals surface area (Å²) in [6, 6.07) is 2.85. The van der Waals surface area contributed by atoms with Crippen molar-refractivity contribution in [1.82, 2.24) is 4.23 Å². The van der Waals surface area contributed by atoms with E-state index in [9.17, 15) is 9.59 Å². The monoisotopic (exact) mass is 677 g/mol. The highest BCUT2D eigenvalue weighted by Crippen LogP contribution is 2.66. The third-order valence-electron chi connectivity index (χ3n) is 10.0. The van der Waals surface area contributed by atoms with Gasteiger partial charge in [-0.3, -0.25) is 0 Å². The fourth-order valence-electron chi connectivity index (χ4n) is 8.34. The molecule has 1 aromatic rings. The Balaban J connectivity index is 1.82. The molecule has 0 aromatic heterocycles.